The first-order valence-electron chi connectivity index (χ1n) is 9.70. The van der Waals surface area contributed by atoms with Crippen LogP contribution in [0.15, 0.2) is 29.1 Å². The van der Waals surface area contributed by atoms with Crippen molar-refractivity contribution in [1.82, 2.24) is 14.9 Å². The highest BCUT2D eigenvalue weighted by Crippen LogP contribution is 2.28. The van der Waals surface area contributed by atoms with E-state index in [2.05, 4.69) is 5.32 Å². The van der Waals surface area contributed by atoms with Crippen LogP contribution >= 0.6 is 11.3 Å². The van der Waals surface area contributed by atoms with E-state index in [1.54, 1.807) is 4.57 Å². The summed E-state index contributed by atoms with van der Waals surface area (Å²) in [6, 6.07) is 7.64. The van der Waals surface area contributed by atoms with Crippen LogP contribution < -0.4 is 16.6 Å². The van der Waals surface area contributed by atoms with Gasteiger partial charge in [-0.3, -0.25) is 14.2 Å². The van der Waals surface area contributed by atoms with E-state index in [1.165, 1.54) is 11.3 Å². The van der Waals surface area contributed by atoms with Crippen LogP contribution in [0.4, 0.5) is 5.69 Å². The summed E-state index contributed by atoms with van der Waals surface area (Å²) < 4.78 is 1.80. The van der Waals surface area contributed by atoms with E-state index in [-0.39, 0.29) is 11.5 Å². The van der Waals surface area contributed by atoms with Crippen LogP contribution in [0, 0.1) is 6.92 Å². The molecule has 0 saturated heterocycles. The van der Waals surface area contributed by atoms with Gasteiger partial charge in [0.05, 0.1) is 10.3 Å². The zero-order valence-corrected chi connectivity index (χ0v) is 16.8. The lowest BCUT2D eigenvalue weighted by Gasteiger charge is -2.08. The normalized spacial score (nSPS) is 13.9. The molecule has 0 fully saturated rings. The third kappa shape index (κ3) is 3.54. The molecule has 0 bridgehead atoms. The predicted octanol–water partition coefficient (Wildman–Crippen LogP) is 3.05. The van der Waals surface area contributed by atoms with Crippen molar-refractivity contribution >= 4 is 33.1 Å². The van der Waals surface area contributed by atoms with Gasteiger partial charge in [0.15, 0.2) is 0 Å². The fraction of sp³-hybridized carbons (Fsp3) is 0.381. The quantitative estimate of drug-likeness (QED) is 0.663. The van der Waals surface area contributed by atoms with Crippen LogP contribution in [0.3, 0.4) is 0 Å². The molecule has 3 aromatic rings. The molecule has 1 aliphatic heterocycles. The van der Waals surface area contributed by atoms with E-state index in [1.807, 2.05) is 31.2 Å². The molecule has 1 aromatic carbocycles. The highest BCUT2D eigenvalue weighted by Gasteiger charge is 2.22. The number of hydrogen-bond donors (Lipinski definition) is 2. The standard InChI is InChI=1S/C21H24N4O2S/c1-13-17-20(24-16-5-3-2-4-12-25(16)21(17)27)28-18(13)19(26)23-11-10-14-6-8-15(22)9-7-14/h6-9H,2-5,10-12,22H2,1H3,(H,23,26). The van der Waals surface area contributed by atoms with Crippen molar-refractivity contribution in [2.75, 3.05) is 12.3 Å². The summed E-state index contributed by atoms with van der Waals surface area (Å²) in [6.45, 7) is 3.09. The zero-order valence-electron chi connectivity index (χ0n) is 16.0. The minimum Gasteiger partial charge on any atom is -0.399 e. The summed E-state index contributed by atoms with van der Waals surface area (Å²) in [5.41, 5.74) is 8.28. The number of thiophene rings is 1. The summed E-state index contributed by atoms with van der Waals surface area (Å²) in [6.07, 6.45) is 4.73. The predicted molar refractivity (Wildman–Crippen MR) is 113 cm³/mol. The lowest BCUT2D eigenvalue weighted by molar-refractivity contribution is 0.0957. The maximum Gasteiger partial charge on any atom is 0.262 e. The Labute approximate surface area is 167 Å². The Kier molecular flexibility index (Phi) is 5.17. The molecule has 0 aliphatic carbocycles. The molecule has 28 heavy (non-hydrogen) atoms. The van der Waals surface area contributed by atoms with E-state index in [9.17, 15) is 9.59 Å². The van der Waals surface area contributed by atoms with Gasteiger partial charge in [0.2, 0.25) is 0 Å². The molecule has 0 spiro atoms. The van der Waals surface area contributed by atoms with Crippen LogP contribution in [0.2, 0.25) is 0 Å². The van der Waals surface area contributed by atoms with Gasteiger partial charge in [-0.05, 0) is 49.4 Å². The van der Waals surface area contributed by atoms with Crippen LogP contribution in [0.5, 0.6) is 0 Å². The second-order valence-electron chi connectivity index (χ2n) is 7.28. The average molecular weight is 397 g/mol. The summed E-state index contributed by atoms with van der Waals surface area (Å²) in [4.78, 5) is 31.7. The van der Waals surface area contributed by atoms with Crippen molar-refractivity contribution in [3.05, 3.63) is 56.4 Å². The van der Waals surface area contributed by atoms with Gasteiger partial charge in [-0.2, -0.15) is 0 Å². The number of amides is 1. The summed E-state index contributed by atoms with van der Waals surface area (Å²) in [7, 11) is 0. The first-order chi connectivity index (χ1) is 13.5. The number of nitrogens with one attached hydrogen (secondary N) is 1. The van der Waals surface area contributed by atoms with E-state index >= 15 is 0 Å². The molecule has 1 aliphatic rings. The Morgan fingerprint density at radius 2 is 2.04 bits per heavy atom. The first-order valence-corrected chi connectivity index (χ1v) is 10.5. The van der Waals surface area contributed by atoms with Crippen LogP contribution in [0.25, 0.3) is 10.2 Å². The van der Waals surface area contributed by atoms with Crippen molar-refractivity contribution < 1.29 is 4.79 Å². The number of benzene rings is 1. The molecule has 0 unspecified atom stereocenters. The lowest BCUT2D eigenvalue weighted by atomic mass is 10.1. The van der Waals surface area contributed by atoms with Gasteiger partial charge < -0.3 is 11.1 Å². The van der Waals surface area contributed by atoms with Gasteiger partial charge >= 0.3 is 0 Å². The molecule has 7 heteroatoms. The Bertz CT molecular complexity index is 1080. The smallest absolute Gasteiger partial charge is 0.262 e. The van der Waals surface area contributed by atoms with Gasteiger partial charge in [-0.15, -0.1) is 11.3 Å². The lowest BCUT2D eigenvalue weighted by Crippen LogP contribution is -2.26. The minimum atomic E-state index is -0.143. The second kappa shape index (κ2) is 7.75. The van der Waals surface area contributed by atoms with E-state index in [0.717, 1.165) is 61.3 Å². The highest BCUT2D eigenvalue weighted by molar-refractivity contribution is 7.20. The van der Waals surface area contributed by atoms with Gasteiger partial charge in [0, 0.05) is 25.2 Å². The summed E-state index contributed by atoms with van der Waals surface area (Å²) in [5, 5.41) is 3.56. The molecule has 6 nitrogen and oxygen atoms in total. The topological polar surface area (TPSA) is 90.0 Å². The number of nitrogen functional groups attached to an aromatic ring is 1. The number of nitrogens with zero attached hydrogens (tertiary/aromatic N) is 2. The Hall–Kier alpha value is -2.67. The van der Waals surface area contributed by atoms with Crippen molar-refractivity contribution in [3.63, 3.8) is 0 Å². The SMILES string of the molecule is Cc1c(C(=O)NCCc2ccc(N)cc2)sc2nc3n(c(=O)c12)CCCCC3. The van der Waals surface area contributed by atoms with Crippen LogP contribution in [-0.2, 0) is 19.4 Å². The molecule has 3 heterocycles. The molecule has 0 radical (unpaired) electrons. The Balaban J connectivity index is 1.55. The largest absolute Gasteiger partial charge is 0.399 e. The maximum atomic E-state index is 13.0. The summed E-state index contributed by atoms with van der Waals surface area (Å²) in [5.74, 6) is 0.710. The third-order valence-electron chi connectivity index (χ3n) is 5.30. The number of aryl methyl sites for hydroxylation is 2. The third-order valence-corrected chi connectivity index (χ3v) is 6.48. The molecule has 146 valence electrons. The molecule has 0 atom stereocenters. The average Bonchev–Trinajstić information content (AvgIpc) is 2.85. The van der Waals surface area contributed by atoms with E-state index in [4.69, 9.17) is 10.7 Å². The number of nitrogens with two attached hydrogens (primary N) is 1. The van der Waals surface area contributed by atoms with Crippen molar-refractivity contribution in [3.8, 4) is 0 Å². The number of anilines is 1. The number of carbonyl (C=O) groups is 1. The van der Waals surface area contributed by atoms with E-state index < -0.39 is 0 Å². The molecule has 2 aromatic heterocycles. The molecule has 3 N–H and O–H groups in total. The monoisotopic (exact) mass is 396 g/mol. The number of fused-ring (bicyclic) bond motifs is 2. The van der Waals surface area contributed by atoms with Gasteiger partial charge in [0.1, 0.15) is 10.7 Å². The van der Waals surface area contributed by atoms with Crippen molar-refractivity contribution in [2.24, 2.45) is 0 Å². The van der Waals surface area contributed by atoms with Crippen LogP contribution in [-0.4, -0.2) is 22.0 Å². The Morgan fingerprint density at radius 1 is 1.25 bits per heavy atom. The molecule has 0 saturated carbocycles. The number of rotatable bonds is 4. The summed E-state index contributed by atoms with van der Waals surface area (Å²) >= 11 is 1.32. The van der Waals surface area contributed by atoms with Gasteiger partial charge in [-0.1, -0.05) is 18.6 Å². The van der Waals surface area contributed by atoms with Gasteiger partial charge in [0.25, 0.3) is 11.5 Å². The molecular weight excluding hydrogens is 372 g/mol. The fourth-order valence-corrected chi connectivity index (χ4v) is 4.82. The minimum absolute atomic E-state index is 0.00317. The van der Waals surface area contributed by atoms with Crippen molar-refractivity contribution in [1.29, 1.82) is 0 Å². The number of aromatic nitrogens is 2. The van der Waals surface area contributed by atoms with Crippen molar-refractivity contribution in [2.45, 2.75) is 45.6 Å². The maximum absolute atomic E-state index is 13.0. The fourth-order valence-electron chi connectivity index (χ4n) is 3.71. The Morgan fingerprint density at radius 3 is 2.82 bits per heavy atom. The number of carbonyl (C=O) groups excluding carboxylic acids is 1. The highest BCUT2D eigenvalue weighted by atomic mass is 32.1. The second-order valence-corrected chi connectivity index (χ2v) is 8.28. The molecular formula is C21H24N4O2S. The van der Waals surface area contributed by atoms with E-state index in [0.29, 0.717) is 21.6 Å². The van der Waals surface area contributed by atoms with Gasteiger partial charge in [-0.25, -0.2) is 4.98 Å². The molecule has 4 rings (SSSR count). The zero-order chi connectivity index (χ0) is 19.7. The molecule has 1 amide bonds. The van der Waals surface area contributed by atoms with Crippen LogP contribution in [0.1, 0.15) is 45.9 Å². The first kappa shape index (κ1) is 18.7. The number of hydrogen-bond acceptors (Lipinski definition) is 5.